The summed E-state index contributed by atoms with van der Waals surface area (Å²) in [6, 6.07) is 0. The van der Waals surface area contributed by atoms with Gasteiger partial charge in [-0.25, -0.2) is 0 Å². The molecular formula is C14H20. The van der Waals surface area contributed by atoms with Crippen LogP contribution in [-0.2, 0) is 0 Å². The van der Waals surface area contributed by atoms with Crippen molar-refractivity contribution in [2.24, 2.45) is 5.92 Å². The van der Waals surface area contributed by atoms with E-state index in [9.17, 15) is 0 Å². The molecule has 0 aliphatic rings. The monoisotopic (exact) mass is 188 g/mol. The highest BCUT2D eigenvalue weighted by Crippen LogP contribution is 2.13. The molecule has 0 amide bonds. The van der Waals surface area contributed by atoms with E-state index in [1.807, 2.05) is 18.2 Å². The summed E-state index contributed by atoms with van der Waals surface area (Å²) in [6.45, 7) is 13.3. The molecule has 0 aliphatic carbocycles. The molecule has 0 aromatic heterocycles. The minimum atomic E-state index is 0.412. The van der Waals surface area contributed by atoms with Crippen LogP contribution in [0.1, 0.15) is 19.8 Å². The van der Waals surface area contributed by atoms with Crippen molar-refractivity contribution in [1.82, 2.24) is 0 Å². The van der Waals surface area contributed by atoms with Crippen LogP contribution < -0.4 is 0 Å². The first-order valence-electron chi connectivity index (χ1n) is 4.98. The second-order valence-corrected chi connectivity index (χ2v) is 3.19. The first-order chi connectivity index (χ1) is 6.76. The Bertz CT molecular complexity index is 241. The molecule has 0 nitrogen and oxygen atoms in total. The smallest absolute Gasteiger partial charge is 0.00107 e. The average Bonchev–Trinajstić information content (AvgIpc) is 2.20. The van der Waals surface area contributed by atoms with Gasteiger partial charge in [0.1, 0.15) is 0 Å². The standard InChI is InChI=1S/C14H20/c1-5-8-9-10-12-13(4)14(7-3)11-6-2/h5-7,10-13H,1-3,8-9H2,4H3/b12-10+,14-11+. The van der Waals surface area contributed by atoms with Crippen molar-refractivity contribution in [2.45, 2.75) is 19.8 Å². The largest absolute Gasteiger partial charge is 0.103 e. The molecule has 76 valence electrons. The molecule has 0 aliphatic heterocycles. The molecule has 0 aromatic carbocycles. The van der Waals surface area contributed by atoms with E-state index in [1.165, 1.54) is 5.57 Å². The summed E-state index contributed by atoms with van der Waals surface area (Å²) in [5.74, 6) is 0.412. The van der Waals surface area contributed by atoms with E-state index in [0.717, 1.165) is 12.8 Å². The number of allylic oxidation sites excluding steroid dienone is 7. The van der Waals surface area contributed by atoms with Crippen LogP contribution in [0.15, 0.2) is 61.8 Å². The topological polar surface area (TPSA) is 0 Å². The van der Waals surface area contributed by atoms with E-state index >= 15 is 0 Å². The Morgan fingerprint density at radius 2 is 1.93 bits per heavy atom. The zero-order chi connectivity index (χ0) is 10.8. The summed E-state index contributed by atoms with van der Waals surface area (Å²) < 4.78 is 0. The molecule has 1 atom stereocenters. The summed E-state index contributed by atoms with van der Waals surface area (Å²) in [5, 5.41) is 0. The Labute approximate surface area is 88.0 Å². The van der Waals surface area contributed by atoms with Crippen molar-refractivity contribution in [1.29, 1.82) is 0 Å². The number of rotatable bonds is 7. The Morgan fingerprint density at radius 1 is 1.21 bits per heavy atom. The lowest BCUT2D eigenvalue weighted by molar-refractivity contribution is 0.879. The van der Waals surface area contributed by atoms with E-state index in [-0.39, 0.29) is 0 Å². The predicted octanol–water partition coefficient (Wildman–Crippen LogP) is 4.44. The molecule has 0 saturated carbocycles. The van der Waals surface area contributed by atoms with Crippen molar-refractivity contribution >= 4 is 0 Å². The molecule has 0 spiro atoms. The molecule has 0 heteroatoms. The third kappa shape index (κ3) is 5.36. The van der Waals surface area contributed by atoms with Gasteiger partial charge in [0.2, 0.25) is 0 Å². The maximum absolute atomic E-state index is 3.78. The van der Waals surface area contributed by atoms with Gasteiger partial charge in [-0.3, -0.25) is 0 Å². The Morgan fingerprint density at radius 3 is 2.43 bits per heavy atom. The molecule has 0 saturated heterocycles. The average molecular weight is 188 g/mol. The quantitative estimate of drug-likeness (QED) is 0.315. The highest BCUT2D eigenvalue weighted by atomic mass is 14.0. The van der Waals surface area contributed by atoms with E-state index in [0.29, 0.717) is 5.92 Å². The van der Waals surface area contributed by atoms with Crippen LogP contribution in [0.4, 0.5) is 0 Å². The zero-order valence-corrected chi connectivity index (χ0v) is 9.08. The second kappa shape index (κ2) is 8.31. The minimum absolute atomic E-state index is 0.412. The van der Waals surface area contributed by atoms with Crippen LogP contribution in [0.2, 0.25) is 0 Å². The van der Waals surface area contributed by atoms with Crippen LogP contribution in [-0.4, -0.2) is 0 Å². The molecule has 0 fully saturated rings. The van der Waals surface area contributed by atoms with Crippen molar-refractivity contribution in [3.63, 3.8) is 0 Å². The van der Waals surface area contributed by atoms with E-state index < -0.39 is 0 Å². The lowest BCUT2D eigenvalue weighted by atomic mass is 10.00. The number of hydrogen-bond acceptors (Lipinski definition) is 0. The molecule has 1 unspecified atom stereocenters. The normalized spacial score (nSPS) is 13.9. The zero-order valence-electron chi connectivity index (χ0n) is 9.08. The Hall–Kier alpha value is -1.30. The molecule has 0 bridgehead atoms. The van der Waals surface area contributed by atoms with Gasteiger partial charge >= 0.3 is 0 Å². The maximum Gasteiger partial charge on any atom is -0.00107 e. The highest BCUT2D eigenvalue weighted by Gasteiger charge is 1.98. The lowest BCUT2D eigenvalue weighted by Crippen LogP contribution is -1.91. The van der Waals surface area contributed by atoms with Gasteiger partial charge in [-0.2, -0.15) is 0 Å². The van der Waals surface area contributed by atoms with Gasteiger partial charge in [-0.15, -0.1) is 6.58 Å². The van der Waals surface area contributed by atoms with E-state index in [4.69, 9.17) is 0 Å². The van der Waals surface area contributed by atoms with Crippen LogP contribution in [0, 0.1) is 5.92 Å². The molecule has 0 aromatic rings. The van der Waals surface area contributed by atoms with Crippen LogP contribution in [0.3, 0.4) is 0 Å². The van der Waals surface area contributed by atoms with Gasteiger partial charge in [0.05, 0.1) is 0 Å². The van der Waals surface area contributed by atoms with Gasteiger partial charge in [0.25, 0.3) is 0 Å². The highest BCUT2D eigenvalue weighted by molar-refractivity contribution is 5.26. The first kappa shape index (κ1) is 12.7. The van der Waals surface area contributed by atoms with Crippen LogP contribution in [0.25, 0.3) is 0 Å². The second-order valence-electron chi connectivity index (χ2n) is 3.19. The van der Waals surface area contributed by atoms with Crippen molar-refractivity contribution in [2.75, 3.05) is 0 Å². The van der Waals surface area contributed by atoms with Crippen LogP contribution >= 0.6 is 0 Å². The lowest BCUT2D eigenvalue weighted by Gasteiger charge is -2.06. The van der Waals surface area contributed by atoms with E-state index in [1.54, 1.807) is 6.08 Å². The van der Waals surface area contributed by atoms with Crippen LogP contribution in [0.5, 0.6) is 0 Å². The fourth-order valence-corrected chi connectivity index (χ4v) is 1.17. The summed E-state index contributed by atoms with van der Waals surface area (Å²) in [6.07, 6.45) is 14.1. The van der Waals surface area contributed by atoms with Crippen molar-refractivity contribution < 1.29 is 0 Å². The minimum Gasteiger partial charge on any atom is -0.103 e. The fourth-order valence-electron chi connectivity index (χ4n) is 1.17. The summed E-state index contributed by atoms with van der Waals surface area (Å²) in [4.78, 5) is 0. The third-order valence-corrected chi connectivity index (χ3v) is 2.03. The van der Waals surface area contributed by atoms with Crippen molar-refractivity contribution in [3.05, 3.63) is 61.8 Å². The Balaban J connectivity index is 4.16. The van der Waals surface area contributed by atoms with Gasteiger partial charge in [-0.05, 0) is 24.3 Å². The number of hydrogen-bond donors (Lipinski definition) is 0. The SMILES string of the molecule is C=C/C=C(\C=C)C(C)/C=C/CCC=C. The predicted molar refractivity (Wildman–Crippen MR) is 66.2 cm³/mol. The van der Waals surface area contributed by atoms with Gasteiger partial charge < -0.3 is 0 Å². The summed E-state index contributed by atoms with van der Waals surface area (Å²) in [5.41, 5.74) is 1.20. The number of unbranched alkanes of at least 4 members (excludes halogenated alkanes) is 1. The van der Waals surface area contributed by atoms with Crippen molar-refractivity contribution in [3.8, 4) is 0 Å². The van der Waals surface area contributed by atoms with Gasteiger partial charge in [0.15, 0.2) is 0 Å². The third-order valence-electron chi connectivity index (χ3n) is 2.03. The molecule has 0 N–H and O–H groups in total. The van der Waals surface area contributed by atoms with Gasteiger partial charge in [0, 0.05) is 0 Å². The maximum atomic E-state index is 3.78. The Kier molecular flexibility index (Phi) is 7.53. The summed E-state index contributed by atoms with van der Waals surface area (Å²) in [7, 11) is 0. The molecule has 0 heterocycles. The molecule has 14 heavy (non-hydrogen) atoms. The van der Waals surface area contributed by atoms with E-state index in [2.05, 4.69) is 38.8 Å². The fraction of sp³-hybridized carbons (Fsp3) is 0.286. The molecule has 0 rings (SSSR count). The summed E-state index contributed by atoms with van der Waals surface area (Å²) >= 11 is 0. The first-order valence-corrected chi connectivity index (χ1v) is 4.98. The van der Waals surface area contributed by atoms with Gasteiger partial charge in [-0.1, -0.05) is 56.5 Å². The molecule has 0 radical (unpaired) electrons. The molecular weight excluding hydrogens is 168 g/mol.